The fraction of sp³-hybridized carbons (Fsp3) is 0.118. The number of halogens is 1. The molecule has 0 saturated heterocycles. The average molecular weight is 421 g/mol. The van der Waals surface area contributed by atoms with E-state index >= 15 is 0 Å². The van der Waals surface area contributed by atoms with E-state index in [0.717, 1.165) is 21.4 Å². The molecule has 0 bridgehead atoms. The maximum atomic E-state index is 11.4. The molecule has 1 heterocycles. The van der Waals surface area contributed by atoms with E-state index in [4.69, 9.17) is 5.14 Å². The number of primary sulfonamides is 1. The van der Waals surface area contributed by atoms with Gasteiger partial charge in [-0.1, -0.05) is 22.0 Å². The minimum absolute atomic E-state index is 0.0831. The quantitative estimate of drug-likeness (QED) is 0.662. The molecule has 6 nitrogen and oxygen atoms in total. The molecule has 0 atom stereocenters. The third-order valence-corrected chi connectivity index (χ3v) is 5.18. The van der Waals surface area contributed by atoms with Crippen molar-refractivity contribution >= 4 is 31.6 Å². The summed E-state index contributed by atoms with van der Waals surface area (Å²) in [6.45, 7) is 2.46. The molecule has 0 radical (unpaired) electrons. The van der Waals surface area contributed by atoms with Crippen LogP contribution in [0.1, 0.15) is 11.3 Å². The number of benzene rings is 2. The van der Waals surface area contributed by atoms with Crippen molar-refractivity contribution in [2.24, 2.45) is 5.14 Å². The van der Waals surface area contributed by atoms with Crippen LogP contribution in [0.25, 0.3) is 5.69 Å². The topological polar surface area (TPSA) is 90.0 Å². The maximum Gasteiger partial charge on any atom is 0.238 e. The predicted octanol–water partition coefficient (Wildman–Crippen LogP) is 3.20. The monoisotopic (exact) mass is 420 g/mol. The molecule has 2 aromatic carbocycles. The number of nitrogens with two attached hydrogens (primary N) is 1. The van der Waals surface area contributed by atoms with E-state index in [2.05, 4.69) is 26.3 Å². The van der Waals surface area contributed by atoms with Crippen LogP contribution in [0.2, 0.25) is 0 Å². The maximum absolute atomic E-state index is 11.4. The lowest BCUT2D eigenvalue weighted by molar-refractivity contribution is 0.598. The first-order valence-corrected chi connectivity index (χ1v) is 9.85. The van der Waals surface area contributed by atoms with Crippen molar-refractivity contribution in [3.63, 3.8) is 0 Å². The number of nitrogens with one attached hydrogen (secondary N) is 1. The zero-order valence-corrected chi connectivity index (χ0v) is 15.9. The van der Waals surface area contributed by atoms with E-state index in [1.165, 1.54) is 12.1 Å². The largest absolute Gasteiger partial charge is 0.381 e. The second kappa shape index (κ2) is 6.99. The van der Waals surface area contributed by atoms with Crippen molar-refractivity contribution < 1.29 is 8.42 Å². The van der Waals surface area contributed by atoms with Gasteiger partial charge in [-0.15, -0.1) is 0 Å². The van der Waals surface area contributed by atoms with Gasteiger partial charge in [-0.2, -0.15) is 5.10 Å². The first kappa shape index (κ1) is 17.7. The molecule has 0 aliphatic carbocycles. The van der Waals surface area contributed by atoms with Gasteiger partial charge in [0, 0.05) is 28.5 Å². The summed E-state index contributed by atoms with van der Waals surface area (Å²) >= 11 is 3.42. The lowest BCUT2D eigenvalue weighted by Crippen LogP contribution is -2.12. The molecule has 0 unspecified atom stereocenters. The number of sulfonamides is 1. The molecule has 0 spiro atoms. The van der Waals surface area contributed by atoms with Crippen LogP contribution >= 0.6 is 15.9 Å². The highest BCUT2D eigenvalue weighted by molar-refractivity contribution is 9.10. The summed E-state index contributed by atoms with van der Waals surface area (Å²) in [5.74, 6) is 0. The van der Waals surface area contributed by atoms with Gasteiger partial charge in [0.1, 0.15) is 0 Å². The second-order valence-corrected chi connectivity index (χ2v) is 8.06. The van der Waals surface area contributed by atoms with Crippen molar-refractivity contribution in [3.05, 3.63) is 70.5 Å². The van der Waals surface area contributed by atoms with Gasteiger partial charge < -0.3 is 5.32 Å². The van der Waals surface area contributed by atoms with E-state index < -0.39 is 10.0 Å². The van der Waals surface area contributed by atoms with Crippen LogP contribution in [0.3, 0.4) is 0 Å². The van der Waals surface area contributed by atoms with E-state index in [-0.39, 0.29) is 4.90 Å². The summed E-state index contributed by atoms with van der Waals surface area (Å²) in [6, 6.07) is 14.3. The number of anilines is 1. The Hall–Kier alpha value is -2.16. The Morgan fingerprint density at radius 1 is 1.20 bits per heavy atom. The van der Waals surface area contributed by atoms with Gasteiger partial charge >= 0.3 is 0 Å². The van der Waals surface area contributed by atoms with Crippen molar-refractivity contribution in [1.82, 2.24) is 9.78 Å². The zero-order valence-electron chi connectivity index (χ0n) is 13.5. The Labute approximate surface area is 154 Å². The smallest absolute Gasteiger partial charge is 0.238 e. The number of aryl methyl sites for hydroxylation is 1. The number of hydrogen-bond acceptors (Lipinski definition) is 4. The van der Waals surface area contributed by atoms with Crippen molar-refractivity contribution in [2.75, 3.05) is 5.32 Å². The Morgan fingerprint density at radius 3 is 2.60 bits per heavy atom. The number of hydrogen-bond donors (Lipinski definition) is 2. The zero-order chi connectivity index (χ0) is 18.0. The molecule has 1 aromatic heterocycles. The summed E-state index contributed by atoms with van der Waals surface area (Å²) < 4.78 is 25.7. The second-order valence-electron chi connectivity index (χ2n) is 5.59. The summed E-state index contributed by atoms with van der Waals surface area (Å²) in [6.07, 6.45) is 1.95. The first-order valence-electron chi connectivity index (χ1n) is 7.51. The number of rotatable bonds is 5. The molecule has 0 fully saturated rings. The van der Waals surface area contributed by atoms with E-state index in [1.54, 1.807) is 12.1 Å². The Bertz CT molecular complexity index is 998. The Morgan fingerprint density at radius 2 is 1.92 bits per heavy atom. The van der Waals surface area contributed by atoms with Gasteiger partial charge in [0.25, 0.3) is 0 Å². The highest BCUT2D eigenvalue weighted by Crippen LogP contribution is 2.18. The van der Waals surface area contributed by atoms with Gasteiger partial charge in [0.2, 0.25) is 10.0 Å². The molecule has 3 N–H and O–H groups in total. The van der Waals surface area contributed by atoms with Gasteiger partial charge in [0.05, 0.1) is 16.3 Å². The van der Waals surface area contributed by atoms with Gasteiger partial charge in [-0.3, -0.25) is 0 Å². The molecule has 130 valence electrons. The summed E-state index contributed by atoms with van der Waals surface area (Å²) in [5.41, 5.74) is 3.57. The summed E-state index contributed by atoms with van der Waals surface area (Å²) in [4.78, 5) is 0.0831. The van der Waals surface area contributed by atoms with Crippen LogP contribution in [0.4, 0.5) is 5.69 Å². The molecule has 0 saturated carbocycles. The predicted molar refractivity (Wildman–Crippen MR) is 101 cm³/mol. The SMILES string of the molecule is Cc1nn(-c2ccc(Br)cc2)cc1CNc1cccc(S(N)(=O)=O)c1. The summed E-state index contributed by atoms with van der Waals surface area (Å²) in [7, 11) is -3.71. The Kier molecular flexibility index (Phi) is 4.94. The highest BCUT2D eigenvalue weighted by atomic mass is 79.9. The van der Waals surface area contributed by atoms with Crippen LogP contribution in [0, 0.1) is 6.92 Å². The number of nitrogens with zero attached hydrogens (tertiary/aromatic N) is 2. The van der Waals surface area contributed by atoms with Crippen molar-refractivity contribution in [3.8, 4) is 5.69 Å². The molecule has 0 aliphatic heterocycles. The lowest BCUT2D eigenvalue weighted by Gasteiger charge is -2.07. The van der Waals surface area contributed by atoms with E-state index in [9.17, 15) is 8.42 Å². The minimum atomic E-state index is -3.71. The van der Waals surface area contributed by atoms with Gasteiger partial charge in [0.15, 0.2) is 0 Å². The van der Waals surface area contributed by atoms with Crippen LogP contribution in [0.15, 0.2) is 64.1 Å². The molecule has 0 aliphatic rings. The fourth-order valence-corrected chi connectivity index (χ4v) is 3.20. The van der Waals surface area contributed by atoms with Crippen LogP contribution in [0.5, 0.6) is 0 Å². The third kappa shape index (κ3) is 4.28. The van der Waals surface area contributed by atoms with Crippen LogP contribution in [-0.2, 0) is 16.6 Å². The minimum Gasteiger partial charge on any atom is -0.381 e. The third-order valence-electron chi connectivity index (χ3n) is 3.74. The normalized spacial score (nSPS) is 11.5. The van der Waals surface area contributed by atoms with Gasteiger partial charge in [-0.25, -0.2) is 18.2 Å². The Balaban J connectivity index is 1.77. The summed E-state index contributed by atoms with van der Waals surface area (Å²) in [5, 5.41) is 12.9. The molecule has 0 amide bonds. The average Bonchev–Trinajstić information content (AvgIpc) is 2.94. The van der Waals surface area contributed by atoms with E-state index in [0.29, 0.717) is 12.2 Å². The molecule has 3 rings (SSSR count). The first-order chi connectivity index (χ1) is 11.8. The molecular weight excluding hydrogens is 404 g/mol. The fourth-order valence-electron chi connectivity index (χ4n) is 2.38. The van der Waals surface area contributed by atoms with Crippen molar-refractivity contribution in [2.45, 2.75) is 18.4 Å². The molecular formula is C17H17BrN4O2S. The van der Waals surface area contributed by atoms with Gasteiger partial charge in [-0.05, 0) is 49.4 Å². The standard InChI is InChI=1S/C17H17BrN4O2S/c1-12-13(11-22(21-12)16-7-5-14(18)6-8-16)10-20-15-3-2-4-17(9-15)25(19,23)24/h2-9,11,20H,10H2,1H3,(H2,19,23,24). The van der Waals surface area contributed by atoms with Crippen molar-refractivity contribution in [1.29, 1.82) is 0 Å². The molecule has 25 heavy (non-hydrogen) atoms. The lowest BCUT2D eigenvalue weighted by atomic mass is 10.2. The van der Waals surface area contributed by atoms with E-state index in [1.807, 2.05) is 42.1 Å². The molecule has 8 heteroatoms. The molecule has 3 aromatic rings. The van der Waals surface area contributed by atoms with Crippen LogP contribution < -0.4 is 10.5 Å². The number of aromatic nitrogens is 2. The highest BCUT2D eigenvalue weighted by Gasteiger charge is 2.09. The van der Waals surface area contributed by atoms with Crippen LogP contribution in [-0.4, -0.2) is 18.2 Å².